The largest absolute Gasteiger partial charge is 0.481 e. The number of anilines is 2. The number of fused-ring (bicyclic) bond motifs is 2. The van der Waals surface area contributed by atoms with Crippen LogP contribution in [-0.2, 0) is 11.3 Å². The minimum absolute atomic E-state index is 0.236. The summed E-state index contributed by atoms with van der Waals surface area (Å²) in [4.78, 5) is 26.7. The number of piperidine rings is 1. The molecule has 1 fully saturated rings. The van der Waals surface area contributed by atoms with Crippen molar-refractivity contribution >= 4 is 29.2 Å². The van der Waals surface area contributed by atoms with Gasteiger partial charge in [0.15, 0.2) is 5.82 Å². The van der Waals surface area contributed by atoms with Gasteiger partial charge >= 0.3 is 5.97 Å². The molecule has 0 bridgehead atoms. The van der Waals surface area contributed by atoms with Gasteiger partial charge in [-0.3, -0.25) is 9.69 Å². The van der Waals surface area contributed by atoms with Gasteiger partial charge in [-0.05, 0) is 68.1 Å². The van der Waals surface area contributed by atoms with E-state index in [1.165, 1.54) is 5.56 Å². The van der Waals surface area contributed by atoms with E-state index in [0.29, 0.717) is 5.92 Å². The van der Waals surface area contributed by atoms with E-state index in [4.69, 9.17) is 5.11 Å². The van der Waals surface area contributed by atoms with Crippen molar-refractivity contribution in [1.82, 2.24) is 19.9 Å². The van der Waals surface area contributed by atoms with Crippen molar-refractivity contribution in [3.05, 3.63) is 30.2 Å². The first kappa shape index (κ1) is 19.1. The van der Waals surface area contributed by atoms with E-state index in [9.17, 15) is 4.79 Å². The molecule has 28 heavy (non-hydrogen) atoms. The fourth-order valence-corrected chi connectivity index (χ4v) is 4.58. The van der Waals surface area contributed by atoms with Gasteiger partial charge in [-0.1, -0.05) is 6.92 Å². The highest BCUT2D eigenvalue weighted by Gasteiger charge is 2.23. The lowest BCUT2D eigenvalue weighted by Crippen LogP contribution is -2.33. The molecule has 2 aromatic heterocycles. The summed E-state index contributed by atoms with van der Waals surface area (Å²) >= 11 is 1.54. The van der Waals surface area contributed by atoms with E-state index in [1.807, 2.05) is 6.20 Å². The van der Waals surface area contributed by atoms with Gasteiger partial charge in [0.2, 0.25) is 0 Å². The molecule has 1 saturated heterocycles. The number of nitrogens with zero attached hydrogens (tertiary/aromatic N) is 4. The topological polar surface area (TPSA) is 91.2 Å². The Morgan fingerprint density at radius 1 is 1.29 bits per heavy atom. The lowest BCUT2D eigenvalue weighted by molar-refractivity contribution is -0.141. The number of nitrogens with one attached hydrogen (secondary N) is 1. The standard InChI is InChI=1S/C20H25N5O2S/c1-13(20(26)27)2-3-14-4-8-25(9-5-14)12-15-10-16-18(23-11-15)28-19-17(24-16)21-6-7-22-19/h6-7,10-11,13-14H,2-5,8-9,12H2,1H3,(H,21,24)(H,26,27). The number of hydrogen-bond acceptors (Lipinski definition) is 7. The fraction of sp³-hybridized carbons (Fsp3) is 0.500. The smallest absolute Gasteiger partial charge is 0.306 e. The van der Waals surface area contributed by atoms with Gasteiger partial charge in [0.1, 0.15) is 10.1 Å². The van der Waals surface area contributed by atoms with Crippen LogP contribution in [0.1, 0.15) is 38.2 Å². The molecular weight excluding hydrogens is 374 g/mol. The number of hydrogen-bond donors (Lipinski definition) is 2. The summed E-state index contributed by atoms with van der Waals surface area (Å²) in [6.45, 7) is 4.80. The normalized spacial score (nSPS) is 18.0. The van der Waals surface area contributed by atoms with Crippen LogP contribution >= 0.6 is 11.8 Å². The molecule has 1 atom stereocenters. The van der Waals surface area contributed by atoms with Crippen molar-refractivity contribution in [2.24, 2.45) is 11.8 Å². The number of carbonyl (C=O) groups is 1. The molecule has 0 amide bonds. The highest BCUT2D eigenvalue weighted by molar-refractivity contribution is 7.99. The van der Waals surface area contributed by atoms with Crippen molar-refractivity contribution in [3.8, 4) is 0 Å². The molecular formula is C20H25N5O2S. The fourth-order valence-electron chi connectivity index (χ4n) is 3.76. The molecule has 2 N–H and O–H groups in total. The van der Waals surface area contributed by atoms with Crippen LogP contribution < -0.4 is 5.32 Å². The first-order chi connectivity index (χ1) is 13.6. The van der Waals surface area contributed by atoms with Crippen LogP contribution in [0.3, 0.4) is 0 Å². The number of pyridine rings is 1. The highest BCUT2D eigenvalue weighted by Crippen LogP contribution is 2.40. The minimum Gasteiger partial charge on any atom is -0.481 e. The SMILES string of the molecule is CC(CCC1CCN(Cc2cnc3c(c2)Nc2nccnc2S3)CC1)C(=O)O. The van der Waals surface area contributed by atoms with Gasteiger partial charge < -0.3 is 10.4 Å². The van der Waals surface area contributed by atoms with E-state index >= 15 is 0 Å². The molecule has 0 aromatic carbocycles. The van der Waals surface area contributed by atoms with Gasteiger partial charge in [-0.2, -0.15) is 0 Å². The third kappa shape index (κ3) is 4.44. The number of rotatable bonds is 6. The zero-order chi connectivity index (χ0) is 19.5. The highest BCUT2D eigenvalue weighted by atomic mass is 32.2. The van der Waals surface area contributed by atoms with Crippen molar-refractivity contribution in [3.63, 3.8) is 0 Å². The van der Waals surface area contributed by atoms with Crippen LogP contribution in [0.15, 0.2) is 34.7 Å². The van der Waals surface area contributed by atoms with Crippen molar-refractivity contribution < 1.29 is 9.90 Å². The Bertz CT molecular complexity index is 854. The number of aromatic nitrogens is 3. The first-order valence-electron chi connectivity index (χ1n) is 9.78. The summed E-state index contributed by atoms with van der Waals surface area (Å²) in [6.07, 6.45) is 9.42. The summed E-state index contributed by atoms with van der Waals surface area (Å²) in [5.74, 6) is 0.515. The summed E-state index contributed by atoms with van der Waals surface area (Å²) in [5.41, 5.74) is 2.19. The van der Waals surface area contributed by atoms with E-state index in [-0.39, 0.29) is 5.92 Å². The molecule has 2 aromatic rings. The summed E-state index contributed by atoms with van der Waals surface area (Å²) in [5, 5.41) is 14.2. The zero-order valence-electron chi connectivity index (χ0n) is 16.0. The Kier molecular flexibility index (Phi) is 5.77. The van der Waals surface area contributed by atoms with E-state index in [2.05, 4.69) is 31.2 Å². The maximum atomic E-state index is 11.0. The van der Waals surface area contributed by atoms with Crippen LogP contribution in [0, 0.1) is 11.8 Å². The van der Waals surface area contributed by atoms with Crippen molar-refractivity contribution in [1.29, 1.82) is 0 Å². The van der Waals surface area contributed by atoms with Crippen LogP contribution in [0.4, 0.5) is 11.5 Å². The predicted molar refractivity (Wildman–Crippen MR) is 108 cm³/mol. The molecule has 0 aliphatic carbocycles. The van der Waals surface area contributed by atoms with Gasteiger partial charge in [-0.15, -0.1) is 0 Å². The third-order valence-corrected chi connectivity index (χ3v) is 6.57. The molecule has 0 radical (unpaired) electrons. The monoisotopic (exact) mass is 399 g/mol. The number of likely N-dealkylation sites (tertiary alicyclic amines) is 1. The molecule has 0 saturated carbocycles. The number of carboxylic acids is 1. The van der Waals surface area contributed by atoms with Crippen LogP contribution in [0.25, 0.3) is 0 Å². The van der Waals surface area contributed by atoms with Crippen LogP contribution in [0.5, 0.6) is 0 Å². The van der Waals surface area contributed by atoms with E-state index < -0.39 is 5.97 Å². The second kappa shape index (κ2) is 8.45. The Morgan fingerprint density at radius 2 is 2.07 bits per heavy atom. The number of carboxylic acid groups (broad SMARTS) is 1. The van der Waals surface area contributed by atoms with E-state index in [0.717, 1.165) is 66.9 Å². The maximum absolute atomic E-state index is 11.0. The Balaban J connectivity index is 1.30. The van der Waals surface area contributed by atoms with Gasteiger partial charge in [-0.25, -0.2) is 15.0 Å². The molecule has 1 unspecified atom stereocenters. The Morgan fingerprint density at radius 3 is 2.86 bits per heavy atom. The van der Waals surface area contributed by atoms with Gasteiger partial charge in [0.05, 0.1) is 11.6 Å². The molecule has 0 spiro atoms. The second-order valence-electron chi connectivity index (χ2n) is 7.67. The molecule has 2 aliphatic rings. The Hall–Kier alpha value is -2.19. The maximum Gasteiger partial charge on any atom is 0.306 e. The molecule has 8 heteroatoms. The average molecular weight is 400 g/mol. The zero-order valence-corrected chi connectivity index (χ0v) is 16.8. The van der Waals surface area contributed by atoms with Crippen LogP contribution in [-0.4, -0.2) is 44.0 Å². The molecule has 7 nitrogen and oxygen atoms in total. The summed E-state index contributed by atoms with van der Waals surface area (Å²) in [6, 6.07) is 2.16. The quantitative estimate of drug-likeness (QED) is 0.647. The predicted octanol–water partition coefficient (Wildman–Crippen LogP) is 3.79. The lowest BCUT2D eigenvalue weighted by atomic mass is 9.89. The molecule has 148 valence electrons. The molecule has 2 aliphatic heterocycles. The third-order valence-electron chi connectivity index (χ3n) is 5.56. The van der Waals surface area contributed by atoms with Crippen LogP contribution in [0.2, 0.25) is 0 Å². The molecule has 4 heterocycles. The van der Waals surface area contributed by atoms with E-state index in [1.54, 1.807) is 31.1 Å². The van der Waals surface area contributed by atoms with Crippen molar-refractivity contribution in [2.75, 3.05) is 18.4 Å². The lowest BCUT2D eigenvalue weighted by Gasteiger charge is -2.32. The molecule has 4 rings (SSSR count). The van der Waals surface area contributed by atoms with Gasteiger partial charge in [0.25, 0.3) is 0 Å². The van der Waals surface area contributed by atoms with Gasteiger partial charge in [0, 0.05) is 25.1 Å². The summed E-state index contributed by atoms with van der Waals surface area (Å²) < 4.78 is 0. The summed E-state index contributed by atoms with van der Waals surface area (Å²) in [7, 11) is 0. The first-order valence-corrected chi connectivity index (χ1v) is 10.6. The minimum atomic E-state index is -0.683. The van der Waals surface area contributed by atoms with Crippen molar-refractivity contribution in [2.45, 2.75) is 49.2 Å². The average Bonchev–Trinajstić information content (AvgIpc) is 2.71. The Labute approximate surface area is 169 Å². The number of aliphatic carboxylic acids is 1. The second-order valence-corrected chi connectivity index (χ2v) is 8.65.